The second kappa shape index (κ2) is 13.8. The summed E-state index contributed by atoms with van der Waals surface area (Å²) in [4.78, 5) is 18.9. The van der Waals surface area contributed by atoms with Crippen molar-refractivity contribution in [3.63, 3.8) is 0 Å². The number of fused-ring (bicyclic) bond motifs is 1. The summed E-state index contributed by atoms with van der Waals surface area (Å²) < 4.78 is 29.0. The molecule has 43 heavy (non-hydrogen) atoms. The van der Waals surface area contributed by atoms with Crippen LogP contribution in [-0.4, -0.2) is 32.4 Å². The molecule has 0 aliphatic rings. The van der Waals surface area contributed by atoms with Crippen molar-refractivity contribution in [2.45, 2.75) is 50.8 Å². The van der Waals surface area contributed by atoms with Gasteiger partial charge in [0.05, 0.1) is 4.90 Å². The fourth-order valence-corrected chi connectivity index (χ4v) is 6.53. The molecule has 1 amide bonds. The molecule has 0 unspecified atom stereocenters. The highest BCUT2D eigenvalue weighted by atomic mass is 32.2. The van der Waals surface area contributed by atoms with Gasteiger partial charge in [-0.3, -0.25) is 4.79 Å². The number of anilines is 1. The van der Waals surface area contributed by atoms with Crippen molar-refractivity contribution in [3.05, 3.63) is 120 Å². The number of hydrogen-bond donors (Lipinski definition) is 2. The smallest absolute Gasteiger partial charge is 0.258 e. The quantitative estimate of drug-likeness (QED) is 0.137. The zero-order chi connectivity index (χ0) is 30.2. The lowest BCUT2D eigenvalue weighted by Crippen LogP contribution is -2.30. The Balaban J connectivity index is 1.32. The minimum absolute atomic E-state index is 0.0551. The van der Waals surface area contributed by atoms with Crippen molar-refractivity contribution < 1.29 is 13.2 Å². The summed E-state index contributed by atoms with van der Waals surface area (Å²) in [6.07, 6.45) is 4.91. The number of rotatable bonds is 13. The Kier molecular flexibility index (Phi) is 9.75. The van der Waals surface area contributed by atoms with Gasteiger partial charge in [0.1, 0.15) is 0 Å². The maximum Gasteiger partial charge on any atom is 0.258 e. The maximum atomic E-state index is 13.3. The third-order valence-electron chi connectivity index (χ3n) is 7.83. The average molecular weight is 594 g/mol. The van der Waals surface area contributed by atoms with Gasteiger partial charge >= 0.3 is 0 Å². The molecule has 7 heteroatoms. The van der Waals surface area contributed by atoms with Crippen molar-refractivity contribution in [2.24, 2.45) is 0 Å². The van der Waals surface area contributed by atoms with E-state index >= 15 is 0 Å². The van der Waals surface area contributed by atoms with Crippen molar-refractivity contribution in [1.82, 2.24) is 9.71 Å². The molecule has 0 saturated heterocycles. The third-order valence-corrected chi connectivity index (χ3v) is 9.31. The number of carbonyl (C=O) groups is 1. The lowest BCUT2D eigenvalue weighted by atomic mass is 10.0. The predicted octanol–water partition coefficient (Wildman–Crippen LogP) is 7.76. The van der Waals surface area contributed by atoms with Crippen LogP contribution in [0.25, 0.3) is 22.2 Å². The molecule has 0 spiro atoms. The molecule has 0 aliphatic carbocycles. The van der Waals surface area contributed by atoms with Gasteiger partial charge in [0, 0.05) is 40.9 Å². The Bertz CT molecular complexity index is 1760. The third kappa shape index (κ3) is 7.07. The van der Waals surface area contributed by atoms with E-state index in [1.54, 1.807) is 17.0 Å². The highest BCUT2D eigenvalue weighted by Crippen LogP contribution is 2.31. The van der Waals surface area contributed by atoms with Gasteiger partial charge in [-0.1, -0.05) is 80.4 Å². The number of aromatic nitrogens is 1. The van der Waals surface area contributed by atoms with E-state index in [2.05, 4.69) is 16.6 Å². The highest BCUT2D eigenvalue weighted by Gasteiger charge is 2.19. The summed E-state index contributed by atoms with van der Waals surface area (Å²) in [5.74, 6) is -0.0551. The Hall–Kier alpha value is -4.20. The predicted molar refractivity (Wildman–Crippen MR) is 176 cm³/mol. The molecule has 0 atom stereocenters. The molecule has 4 aromatic carbocycles. The van der Waals surface area contributed by atoms with Gasteiger partial charge in [-0.25, -0.2) is 13.1 Å². The Morgan fingerprint density at radius 3 is 2.19 bits per heavy atom. The van der Waals surface area contributed by atoms with Crippen LogP contribution in [0, 0.1) is 0 Å². The van der Waals surface area contributed by atoms with Crippen LogP contribution in [0.4, 0.5) is 5.69 Å². The summed E-state index contributed by atoms with van der Waals surface area (Å²) in [6.45, 7) is 4.96. The first-order chi connectivity index (χ1) is 20.9. The van der Waals surface area contributed by atoms with Crippen LogP contribution in [0.15, 0.2) is 108 Å². The number of hydrogen-bond acceptors (Lipinski definition) is 3. The van der Waals surface area contributed by atoms with Gasteiger partial charge in [0.15, 0.2) is 0 Å². The molecule has 222 valence electrons. The minimum atomic E-state index is -3.64. The fraction of sp³-hybridized carbons (Fsp3) is 0.250. The van der Waals surface area contributed by atoms with Gasteiger partial charge in [-0.15, -0.1) is 0 Å². The molecule has 6 nitrogen and oxygen atoms in total. The Morgan fingerprint density at radius 1 is 0.791 bits per heavy atom. The summed E-state index contributed by atoms with van der Waals surface area (Å²) in [6, 6.07) is 32.5. The number of sulfonamides is 1. The first-order valence-corrected chi connectivity index (χ1v) is 16.5. The molecular weight excluding hydrogens is 554 g/mol. The lowest BCUT2D eigenvalue weighted by Gasteiger charge is -2.21. The minimum Gasteiger partial charge on any atom is -0.354 e. The Labute approximate surface area is 254 Å². The summed E-state index contributed by atoms with van der Waals surface area (Å²) in [5, 5.41) is 1.05. The molecule has 0 aliphatic heterocycles. The largest absolute Gasteiger partial charge is 0.354 e. The van der Waals surface area contributed by atoms with Crippen molar-refractivity contribution in [3.8, 4) is 11.3 Å². The van der Waals surface area contributed by atoms with E-state index in [9.17, 15) is 13.2 Å². The van der Waals surface area contributed by atoms with Gasteiger partial charge in [0.2, 0.25) is 10.0 Å². The standard InChI is InChI=1S/C36H39N3O3S/c1-3-5-7-12-27-17-23-31(24-18-27)43(41,42)37-26-25-33-32-15-10-11-16-34(32)38-35(33)28-19-21-29(22-20-28)36(40)39(4-2)30-13-8-6-9-14-30/h6,8-11,13-24,37-38H,3-5,7,12,25-26H2,1-2H3. The molecule has 0 fully saturated rings. The summed E-state index contributed by atoms with van der Waals surface area (Å²) >= 11 is 0. The van der Waals surface area contributed by atoms with E-state index in [1.165, 1.54) is 6.42 Å². The number of carbonyl (C=O) groups excluding carboxylic acids is 1. The van der Waals surface area contributed by atoms with Crippen LogP contribution in [0.3, 0.4) is 0 Å². The number of benzene rings is 4. The maximum absolute atomic E-state index is 13.3. The van der Waals surface area contributed by atoms with Crippen molar-refractivity contribution in [2.75, 3.05) is 18.0 Å². The van der Waals surface area contributed by atoms with Crippen LogP contribution in [0.1, 0.15) is 54.6 Å². The molecule has 1 heterocycles. The molecule has 0 radical (unpaired) electrons. The van der Waals surface area contributed by atoms with E-state index in [4.69, 9.17) is 0 Å². The number of nitrogens with zero attached hydrogens (tertiary/aromatic N) is 1. The first kappa shape index (κ1) is 30.3. The highest BCUT2D eigenvalue weighted by molar-refractivity contribution is 7.89. The monoisotopic (exact) mass is 593 g/mol. The fourth-order valence-electron chi connectivity index (χ4n) is 5.50. The second-order valence-corrected chi connectivity index (χ2v) is 12.5. The van der Waals surface area contributed by atoms with Crippen LogP contribution in [0.2, 0.25) is 0 Å². The molecule has 0 saturated carbocycles. The second-order valence-electron chi connectivity index (χ2n) is 10.7. The summed E-state index contributed by atoms with van der Waals surface area (Å²) in [7, 11) is -3.64. The normalized spacial score (nSPS) is 11.6. The number of aromatic amines is 1. The molecule has 5 aromatic rings. The van der Waals surface area contributed by atoms with E-state index in [0.717, 1.165) is 58.2 Å². The zero-order valence-electron chi connectivity index (χ0n) is 24.8. The number of unbranched alkanes of at least 4 members (excludes halogenated alkanes) is 2. The molecule has 1 aromatic heterocycles. The average Bonchev–Trinajstić information content (AvgIpc) is 3.41. The van der Waals surface area contributed by atoms with Crippen LogP contribution in [-0.2, 0) is 22.9 Å². The van der Waals surface area contributed by atoms with Gasteiger partial charge in [-0.2, -0.15) is 0 Å². The topological polar surface area (TPSA) is 82.3 Å². The Morgan fingerprint density at radius 2 is 1.49 bits per heavy atom. The SMILES string of the molecule is CCCCCc1ccc(S(=O)(=O)NCCc2c(-c3ccc(C(=O)N(CC)c4ccccc4)cc3)[nH]c3ccccc23)cc1. The first-order valence-electron chi connectivity index (χ1n) is 15.1. The molecule has 0 bridgehead atoms. The van der Waals surface area contributed by atoms with Gasteiger partial charge < -0.3 is 9.88 Å². The van der Waals surface area contributed by atoms with Crippen molar-refractivity contribution >= 4 is 32.5 Å². The molecule has 2 N–H and O–H groups in total. The van der Waals surface area contributed by atoms with E-state index in [1.807, 2.05) is 97.9 Å². The summed E-state index contributed by atoms with van der Waals surface area (Å²) in [5.41, 5.74) is 6.50. The molecular formula is C36H39N3O3S. The van der Waals surface area contributed by atoms with E-state index in [-0.39, 0.29) is 17.3 Å². The number of nitrogens with one attached hydrogen (secondary N) is 2. The van der Waals surface area contributed by atoms with Gasteiger partial charge in [0.25, 0.3) is 5.91 Å². The number of H-pyrrole nitrogens is 1. The van der Waals surface area contributed by atoms with Crippen LogP contribution >= 0.6 is 0 Å². The van der Waals surface area contributed by atoms with Gasteiger partial charge in [-0.05, 0) is 85.3 Å². The zero-order valence-corrected chi connectivity index (χ0v) is 25.7. The number of aryl methyl sites for hydroxylation is 1. The van der Waals surface area contributed by atoms with Crippen LogP contribution in [0.5, 0.6) is 0 Å². The van der Waals surface area contributed by atoms with E-state index < -0.39 is 10.0 Å². The van der Waals surface area contributed by atoms with Crippen LogP contribution < -0.4 is 9.62 Å². The van der Waals surface area contributed by atoms with E-state index in [0.29, 0.717) is 18.5 Å². The number of para-hydroxylation sites is 2. The van der Waals surface area contributed by atoms with Crippen molar-refractivity contribution in [1.29, 1.82) is 0 Å². The number of amides is 1. The lowest BCUT2D eigenvalue weighted by molar-refractivity contribution is 0.0988. The molecule has 5 rings (SSSR count).